The molecular weight excluding hydrogens is 502 g/mol. The predicted molar refractivity (Wildman–Crippen MR) is 148 cm³/mol. The minimum atomic E-state index is -0.504. The highest BCUT2D eigenvalue weighted by atomic mass is 16.6. The highest BCUT2D eigenvalue weighted by Crippen LogP contribution is 2.41. The van der Waals surface area contributed by atoms with E-state index >= 15 is 0 Å². The summed E-state index contributed by atoms with van der Waals surface area (Å²) in [4.78, 5) is 39.9. The molecule has 0 radical (unpaired) electrons. The second-order valence-electron chi connectivity index (χ2n) is 9.41. The zero-order valence-electron chi connectivity index (χ0n) is 21.7. The number of nitro groups is 1. The fourth-order valence-corrected chi connectivity index (χ4v) is 4.43. The van der Waals surface area contributed by atoms with E-state index in [9.17, 15) is 19.7 Å². The minimum Gasteiger partial charge on any atom is -0.486 e. The van der Waals surface area contributed by atoms with Gasteiger partial charge in [-0.05, 0) is 62.6 Å². The van der Waals surface area contributed by atoms with Crippen LogP contribution in [0.5, 0.6) is 11.5 Å². The van der Waals surface area contributed by atoms with Gasteiger partial charge in [0.05, 0.1) is 28.4 Å². The Morgan fingerprint density at radius 1 is 1.00 bits per heavy atom. The third kappa shape index (κ3) is 5.25. The van der Waals surface area contributed by atoms with Crippen molar-refractivity contribution in [3.63, 3.8) is 0 Å². The maximum Gasteiger partial charge on any atom is 0.271 e. The van der Waals surface area contributed by atoms with E-state index in [0.29, 0.717) is 58.5 Å². The summed E-state index contributed by atoms with van der Waals surface area (Å²) in [5.41, 5.74) is 3.66. The molecule has 5 rings (SSSR count). The van der Waals surface area contributed by atoms with Gasteiger partial charge < -0.3 is 29.9 Å². The molecule has 0 fully saturated rings. The number of carbonyl (C=O) groups is 2. The first-order valence-corrected chi connectivity index (χ1v) is 12.2. The SMILES string of the molecule is CN(C)CC(=O)N(C)c1ccc(NC(=C2C(=O)Nc3cc([N+](=O)[O-])ccc32)c2ccc3c(c2)OCCO3)cc1. The third-order valence-corrected chi connectivity index (χ3v) is 6.39. The van der Waals surface area contributed by atoms with Gasteiger partial charge in [0.1, 0.15) is 13.2 Å². The molecule has 2 N–H and O–H groups in total. The number of hydrogen-bond donors (Lipinski definition) is 2. The van der Waals surface area contributed by atoms with Gasteiger partial charge in [0.25, 0.3) is 11.6 Å². The number of likely N-dealkylation sites (N-methyl/N-ethyl adjacent to an activating group) is 2. The van der Waals surface area contributed by atoms with Crippen molar-refractivity contribution in [1.82, 2.24) is 4.90 Å². The Bertz CT molecular complexity index is 1500. The first-order chi connectivity index (χ1) is 18.7. The number of fused-ring (bicyclic) bond motifs is 2. The molecule has 3 aromatic rings. The van der Waals surface area contributed by atoms with E-state index in [2.05, 4.69) is 10.6 Å². The first kappa shape index (κ1) is 25.7. The smallest absolute Gasteiger partial charge is 0.271 e. The average molecular weight is 530 g/mol. The van der Waals surface area contributed by atoms with Gasteiger partial charge >= 0.3 is 0 Å². The van der Waals surface area contributed by atoms with E-state index in [0.717, 1.165) is 5.69 Å². The number of nitrogens with zero attached hydrogens (tertiary/aromatic N) is 3. The summed E-state index contributed by atoms with van der Waals surface area (Å²) in [6.45, 7) is 1.14. The van der Waals surface area contributed by atoms with E-state index < -0.39 is 10.8 Å². The molecule has 11 heteroatoms. The Morgan fingerprint density at radius 3 is 2.41 bits per heavy atom. The van der Waals surface area contributed by atoms with Crippen LogP contribution < -0.4 is 25.0 Å². The quantitative estimate of drug-likeness (QED) is 0.269. The highest BCUT2D eigenvalue weighted by molar-refractivity contribution is 6.37. The minimum absolute atomic E-state index is 0.0480. The highest BCUT2D eigenvalue weighted by Gasteiger charge is 2.30. The molecule has 0 atom stereocenters. The lowest BCUT2D eigenvalue weighted by atomic mass is 9.99. The maximum atomic E-state index is 13.2. The lowest BCUT2D eigenvalue weighted by molar-refractivity contribution is -0.384. The van der Waals surface area contributed by atoms with Gasteiger partial charge in [-0.3, -0.25) is 19.7 Å². The number of amides is 2. The van der Waals surface area contributed by atoms with Crippen molar-refractivity contribution in [3.05, 3.63) is 81.9 Å². The molecule has 0 saturated carbocycles. The van der Waals surface area contributed by atoms with Crippen LogP contribution in [0.3, 0.4) is 0 Å². The second-order valence-corrected chi connectivity index (χ2v) is 9.41. The summed E-state index contributed by atoms with van der Waals surface area (Å²) in [7, 11) is 5.39. The number of rotatable bonds is 7. The van der Waals surface area contributed by atoms with Crippen molar-refractivity contribution in [2.75, 3.05) is 56.4 Å². The molecule has 0 unspecified atom stereocenters. The lowest BCUT2D eigenvalue weighted by Gasteiger charge is -2.22. The molecule has 2 amide bonds. The standard InChI is InChI=1S/C28H27N5O6/c1-31(2)16-25(34)32(3)19-7-5-18(6-8-19)29-27(17-4-11-23-24(14-17)39-13-12-38-23)26-21-10-9-20(33(36)37)15-22(21)30-28(26)35/h4-11,14-15,29H,12-13,16H2,1-3H3,(H,30,35). The van der Waals surface area contributed by atoms with Gasteiger partial charge in [0.15, 0.2) is 11.5 Å². The summed E-state index contributed by atoms with van der Waals surface area (Å²) in [5, 5.41) is 17.4. The summed E-state index contributed by atoms with van der Waals surface area (Å²) in [6.07, 6.45) is 0. The van der Waals surface area contributed by atoms with Gasteiger partial charge in [-0.1, -0.05) is 0 Å². The summed E-state index contributed by atoms with van der Waals surface area (Å²) in [6, 6.07) is 16.9. The van der Waals surface area contributed by atoms with Gasteiger partial charge in [-0.15, -0.1) is 0 Å². The Labute approximate surface area is 224 Å². The van der Waals surface area contributed by atoms with Crippen LogP contribution in [-0.2, 0) is 9.59 Å². The van der Waals surface area contributed by atoms with Crippen molar-refractivity contribution in [1.29, 1.82) is 0 Å². The van der Waals surface area contributed by atoms with Crippen LogP contribution in [0.1, 0.15) is 11.1 Å². The van der Waals surface area contributed by atoms with E-state index in [-0.39, 0.29) is 18.1 Å². The molecule has 2 aliphatic heterocycles. The van der Waals surface area contributed by atoms with Gasteiger partial charge in [0.2, 0.25) is 5.91 Å². The van der Waals surface area contributed by atoms with Gasteiger partial charge in [-0.25, -0.2) is 0 Å². The normalized spacial score (nSPS) is 14.9. The second kappa shape index (κ2) is 10.5. The van der Waals surface area contributed by atoms with E-state index in [1.807, 2.05) is 44.4 Å². The number of non-ortho nitro benzene ring substituents is 1. The number of hydrogen-bond acceptors (Lipinski definition) is 8. The molecule has 2 heterocycles. The van der Waals surface area contributed by atoms with Crippen molar-refractivity contribution in [3.8, 4) is 11.5 Å². The number of nitro benzene ring substituents is 1. The van der Waals surface area contributed by atoms with Crippen LogP contribution in [0.4, 0.5) is 22.7 Å². The Hall–Kier alpha value is -4.90. The fraction of sp³-hybridized carbons (Fsp3) is 0.214. The monoisotopic (exact) mass is 529 g/mol. The topological polar surface area (TPSA) is 126 Å². The molecular formula is C28H27N5O6. The molecule has 3 aromatic carbocycles. The Morgan fingerprint density at radius 2 is 1.72 bits per heavy atom. The van der Waals surface area contributed by atoms with Crippen LogP contribution in [0.2, 0.25) is 0 Å². The maximum absolute atomic E-state index is 13.2. The number of nitrogens with one attached hydrogen (secondary N) is 2. The Balaban J connectivity index is 1.55. The van der Waals surface area contributed by atoms with Crippen LogP contribution in [0.25, 0.3) is 11.3 Å². The number of benzene rings is 3. The first-order valence-electron chi connectivity index (χ1n) is 12.2. The summed E-state index contributed by atoms with van der Waals surface area (Å²) >= 11 is 0. The van der Waals surface area contributed by atoms with Crippen molar-refractivity contribution in [2.45, 2.75) is 0 Å². The van der Waals surface area contributed by atoms with Crippen LogP contribution in [0, 0.1) is 10.1 Å². The molecule has 0 aromatic heterocycles. The largest absolute Gasteiger partial charge is 0.486 e. The van der Waals surface area contributed by atoms with Crippen LogP contribution >= 0.6 is 0 Å². The molecule has 0 saturated heterocycles. The number of ether oxygens (including phenoxy) is 2. The predicted octanol–water partition coefficient (Wildman–Crippen LogP) is 3.82. The third-order valence-electron chi connectivity index (χ3n) is 6.39. The van der Waals surface area contributed by atoms with Gasteiger partial charge in [0, 0.05) is 41.7 Å². The molecule has 11 nitrogen and oxygen atoms in total. The molecule has 39 heavy (non-hydrogen) atoms. The lowest BCUT2D eigenvalue weighted by Crippen LogP contribution is -2.34. The Kier molecular flexibility index (Phi) is 6.90. The van der Waals surface area contributed by atoms with Crippen molar-refractivity contribution < 1.29 is 24.0 Å². The molecule has 0 aliphatic carbocycles. The van der Waals surface area contributed by atoms with Crippen molar-refractivity contribution >= 4 is 45.8 Å². The molecule has 0 bridgehead atoms. The molecule has 200 valence electrons. The molecule has 0 spiro atoms. The fourth-order valence-electron chi connectivity index (χ4n) is 4.43. The number of carbonyl (C=O) groups excluding carboxylic acids is 2. The van der Waals surface area contributed by atoms with E-state index in [1.165, 1.54) is 12.1 Å². The summed E-state index contributed by atoms with van der Waals surface area (Å²) in [5.74, 6) is 0.718. The van der Waals surface area contributed by atoms with Gasteiger partial charge in [-0.2, -0.15) is 0 Å². The van der Waals surface area contributed by atoms with Crippen LogP contribution in [-0.4, -0.2) is 62.5 Å². The molecule has 2 aliphatic rings. The zero-order valence-corrected chi connectivity index (χ0v) is 21.7. The van der Waals surface area contributed by atoms with Crippen LogP contribution in [0.15, 0.2) is 60.7 Å². The van der Waals surface area contributed by atoms with E-state index in [1.54, 1.807) is 35.0 Å². The van der Waals surface area contributed by atoms with E-state index in [4.69, 9.17) is 9.47 Å². The number of anilines is 3. The zero-order chi connectivity index (χ0) is 27.7. The van der Waals surface area contributed by atoms with Crippen molar-refractivity contribution in [2.24, 2.45) is 0 Å². The average Bonchev–Trinajstić information content (AvgIpc) is 3.25. The summed E-state index contributed by atoms with van der Waals surface area (Å²) < 4.78 is 11.4.